The molecule has 15 heavy (non-hydrogen) atoms. The highest BCUT2D eigenvalue weighted by Gasteiger charge is 2.00. The van der Waals surface area contributed by atoms with Crippen LogP contribution in [0.2, 0.25) is 5.02 Å². The number of allylic oxidation sites excluding steroid dienone is 1. The molecule has 2 heteroatoms. The maximum absolute atomic E-state index is 6.16. The fourth-order valence-corrected chi connectivity index (χ4v) is 1.80. The van der Waals surface area contributed by atoms with Gasteiger partial charge in [-0.3, -0.25) is 0 Å². The molecule has 0 aliphatic carbocycles. The highest BCUT2D eigenvalue weighted by molar-refractivity contribution is 6.31. The zero-order valence-electron chi connectivity index (χ0n) is 9.39. The fraction of sp³-hybridized carbons (Fsp3) is 0.385. The summed E-state index contributed by atoms with van der Waals surface area (Å²) in [7, 11) is 0. The topological polar surface area (TPSA) is 26.0 Å². The van der Waals surface area contributed by atoms with E-state index in [1.807, 2.05) is 13.0 Å². The first kappa shape index (κ1) is 12.3. The van der Waals surface area contributed by atoms with Gasteiger partial charge in [-0.1, -0.05) is 35.4 Å². The minimum atomic E-state index is 0.707. The molecule has 2 N–H and O–H groups in total. The quantitative estimate of drug-likeness (QED) is 0.778. The predicted molar refractivity (Wildman–Crippen MR) is 67.3 cm³/mol. The van der Waals surface area contributed by atoms with Gasteiger partial charge in [0.1, 0.15) is 0 Å². The van der Waals surface area contributed by atoms with Crippen LogP contribution in [0.1, 0.15) is 24.5 Å². The third-order valence-electron chi connectivity index (χ3n) is 2.34. The smallest absolute Gasteiger partial charge is 0.0443 e. The number of aryl methyl sites for hydroxylation is 1. The SMILES string of the molecule is C/C(=C/CCN)Cc1ccc(C)cc1Cl. The summed E-state index contributed by atoms with van der Waals surface area (Å²) in [6, 6.07) is 6.20. The standard InChI is InChI=1S/C13H18ClN/c1-10(4-3-7-15)8-12-6-5-11(2)9-13(12)14/h4-6,9H,3,7-8,15H2,1-2H3/b10-4-. The molecule has 1 rings (SSSR count). The Morgan fingerprint density at radius 2 is 2.20 bits per heavy atom. The highest BCUT2D eigenvalue weighted by atomic mass is 35.5. The molecule has 0 heterocycles. The second-order valence-electron chi connectivity index (χ2n) is 3.90. The Kier molecular flexibility index (Phi) is 4.86. The lowest BCUT2D eigenvalue weighted by Gasteiger charge is -2.05. The van der Waals surface area contributed by atoms with E-state index < -0.39 is 0 Å². The van der Waals surface area contributed by atoms with Crippen LogP contribution in [0.15, 0.2) is 29.8 Å². The number of nitrogens with two attached hydrogens (primary N) is 1. The van der Waals surface area contributed by atoms with E-state index >= 15 is 0 Å². The summed E-state index contributed by atoms with van der Waals surface area (Å²) in [5.41, 5.74) is 9.16. The summed E-state index contributed by atoms with van der Waals surface area (Å²) in [5.74, 6) is 0. The van der Waals surface area contributed by atoms with Crippen molar-refractivity contribution in [2.75, 3.05) is 6.54 Å². The van der Waals surface area contributed by atoms with Crippen LogP contribution in [-0.4, -0.2) is 6.54 Å². The van der Waals surface area contributed by atoms with E-state index in [0.29, 0.717) is 6.54 Å². The van der Waals surface area contributed by atoms with Crippen molar-refractivity contribution in [3.8, 4) is 0 Å². The molecule has 0 atom stereocenters. The second kappa shape index (κ2) is 5.94. The van der Waals surface area contributed by atoms with Gasteiger partial charge in [-0.05, 0) is 50.4 Å². The summed E-state index contributed by atoms with van der Waals surface area (Å²) in [4.78, 5) is 0. The predicted octanol–water partition coefficient (Wildman–Crippen LogP) is 3.49. The molecule has 0 saturated carbocycles. The molecule has 0 radical (unpaired) electrons. The van der Waals surface area contributed by atoms with Crippen LogP contribution < -0.4 is 5.73 Å². The first-order valence-corrected chi connectivity index (χ1v) is 5.62. The van der Waals surface area contributed by atoms with Crippen molar-refractivity contribution >= 4 is 11.6 Å². The van der Waals surface area contributed by atoms with Crippen LogP contribution in [0.25, 0.3) is 0 Å². The zero-order chi connectivity index (χ0) is 11.3. The van der Waals surface area contributed by atoms with Gasteiger partial charge in [-0.15, -0.1) is 0 Å². The Labute approximate surface area is 96.9 Å². The van der Waals surface area contributed by atoms with Gasteiger partial charge < -0.3 is 5.73 Å². The maximum atomic E-state index is 6.16. The van der Waals surface area contributed by atoms with Crippen LogP contribution in [0.4, 0.5) is 0 Å². The normalized spacial score (nSPS) is 11.9. The van der Waals surface area contributed by atoms with Crippen LogP contribution >= 0.6 is 11.6 Å². The van der Waals surface area contributed by atoms with Gasteiger partial charge in [0.25, 0.3) is 0 Å². The summed E-state index contributed by atoms with van der Waals surface area (Å²) in [6.07, 6.45) is 4.03. The monoisotopic (exact) mass is 223 g/mol. The van der Waals surface area contributed by atoms with Crippen LogP contribution in [-0.2, 0) is 6.42 Å². The number of hydrogen-bond acceptors (Lipinski definition) is 1. The van der Waals surface area contributed by atoms with E-state index in [-0.39, 0.29) is 0 Å². The van der Waals surface area contributed by atoms with Gasteiger partial charge in [0.15, 0.2) is 0 Å². The molecule has 0 fully saturated rings. The second-order valence-corrected chi connectivity index (χ2v) is 4.31. The molecule has 82 valence electrons. The Morgan fingerprint density at radius 3 is 2.80 bits per heavy atom. The molecule has 0 aliphatic heterocycles. The maximum Gasteiger partial charge on any atom is 0.0443 e. The van der Waals surface area contributed by atoms with E-state index in [2.05, 4.69) is 25.1 Å². The van der Waals surface area contributed by atoms with Gasteiger partial charge >= 0.3 is 0 Å². The highest BCUT2D eigenvalue weighted by Crippen LogP contribution is 2.20. The molecule has 1 aromatic rings. The largest absolute Gasteiger partial charge is 0.330 e. The molecule has 0 amide bonds. The third kappa shape index (κ3) is 4.06. The van der Waals surface area contributed by atoms with E-state index in [1.54, 1.807) is 0 Å². The Balaban J connectivity index is 2.72. The molecular formula is C13H18ClN. The number of hydrogen-bond donors (Lipinski definition) is 1. The lowest BCUT2D eigenvalue weighted by Crippen LogP contribution is -1.97. The lowest BCUT2D eigenvalue weighted by molar-refractivity contribution is 0.981. The molecule has 0 aromatic heterocycles. The Morgan fingerprint density at radius 1 is 1.47 bits per heavy atom. The van der Waals surface area contributed by atoms with Crippen LogP contribution in [0, 0.1) is 6.92 Å². The molecular weight excluding hydrogens is 206 g/mol. The summed E-state index contributed by atoms with van der Waals surface area (Å²) < 4.78 is 0. The van der Waals surface area contributed by atoms with Gasteiger partial charge in [0, 0.05) is 5.02 Å². The minimum absolute atomic E-state index is 0.707. The number of halogens is 1. The molecule has 0 saturated heterocycles. The average Bonchev–Trinajstić information content (AvgIpc) is 2.19. The van der Waals surface area contributed by atoms with Crippen molar-refractivity contribution in [3.05, 3.63) is 46.0 Å². The summed E-state index contributed by atoms with van der Waals surface area (Å²) >= 11 is 6.16. The molecule has 1 aromatic carbocycles. The van der Waals surface area contributed by atoms with Crippen LogP contribution in [0.5, 0.6) is 0 Å². The average molecular weight is 224 g/mol. The molecule has 1 nitrogen and oxygen atoms in total. The zero-order valence-corrected chi connectivity index (χ0v) is 10.1. The van der Waals surface area contributed by atoms with Gasteiger partial charge in [-0.25, -0.2) is 0 Å². The third-order valence-corrected chi connectivity index (χ3v) is 2.69. The van der Waals surface area contributed by atoms with Crippen molar-refractivity contribution in [1.29, 1.82) is 0 Å². The van der Waals surface area contributed by atoms with Crippen molar-refractivity contribution in [3.63, 3.8) is 0 Å². The van der Waals surface area contributed by atoms with Crippen molar-refractivity contribution < 1.29 is 0 Å². The Bertz CT molecular complexity index is 356. The fourth-order valence-electron chi connectivity index (χ4n) is 1.50. The van der Waals surface area contributed by atoms with Crippen LogP contribution in [0.3, 0.4) is 0 Å². The van der Waals surface area contributed by atoms with Gasteiger partial charge in [0.2, 0.25) is 0 Å². The van der Waals surface area contributed by atoms with Crippen molar-refractivity contribution in [1.82, 2.24) is 0 Å². The van der Waals surface area contributed by atoms with E-state index in [1.165, 1.54) is 16.7 Å². The van der Waals surface area contributed by atoms with E-state index in [4.69, 9.17) is 17.3 Å². The van der Waals surface area contributed by atoms with E-state index in [0.717, 1.165) is 17.9 Å². The molecule has 0 spiro atoms. The lowest BCUT2D eigenvalue weighted by atomic mass is 10.0. The molecule has 0 bridgehead atoms. The summed E-state index contributed by atoms with van der Waals surface area (Å²) in [6.45, 7) is 4.87. The number of benzene rings is 1. The van der Waals surface area contributed by atoms with Crippen molar-refractivity contribution in [2.45, 2.75) is 26.7 Å². The van der Waals surface area contributed by atoms with E-state index in [9.17, 15) is 0 Å². The number of rotatable bonds is 4. The Hall–Kier alpha value is -0.790. The molecule has 0 unspecified atom stereocenters. The summed E-state index contributed by atoms with van der Waals surface area (Å²) in [5, 5.41) is 0.857. The van der Waals surface area contributed by atoms with Gasteiger partial charge in [0.05, 0.1) is 0 Å². The first-order chi connectivity index (χ1) is 7.13. The molecule has 0 aliphatic rings. The van der Waals surface area contributed by atoms with Crippen molar-refractivity contribution in [2.24, 2.45) is 5.73 Å². The van der Waals surface area contributed by atoms with Gasteiger partial charge in [-0.2, -0.15) is 0 Å². The first-order valence-electron chi connectivity index (χ1n) is 5.24. The minimum Gasteiger partial charge on any atom is -0.330 e.